The molecule has 0 aromatic carbocycles. The number of hydrogen-bond donors (Lipinski definition) is 2. The fourth-order valence-corrected chi connectivity index (χ4v) is 5.06. The molecule has 5 nitrogen and oxygen atoms in total. The van der Waals surface area contributed by atoms with E-state index in [1.54, 1.807) is 0 Å². The fourth-order valence-electron chi connectivity index (χ4n) is 5.06. The van der Waals surface area contributed by atoms with Crippen LogP contribution in [0.25, 0.3) is 0 Å². The Bertz CT molecular complexity index is 476. The second kappa shape index (κ2) is 10.4. The Labute approximate surface area is 165 Å². The van der Waals surface area contributed by atoms with Crippen molar-refractivity contribution in [3.63, 3.8) is 0 Å². The molecule has 3 aliphatic rings. The molecule has 0 bridgehead atoms. The number of amides is 2. The molecule has 0 spiro atoms. The molecule has 2 N–H and O–H groups in total. The zero-order valence-electron chi connectivity index (χ0n) is 17.2. The zero-order chi connectivity index (χ0) is 19.1. The lowest BCUT2D eigenvalue weighted by atomic mass is 9.88. The smallest absolute Gasteiger partial charge is 0.237 e. The molecule has 0 aromatic rings. The normalized spacial score (nSPS) is 25.1. The van der Waals surface area contributed by atoms with Gasteiger partial charge in [-0.2, -0.15) is 0 Å². The van der Waals surface area contributed by atoms with Crippen molar-refractivity contribution >= 4 is 11.8 Å². The van der Waals surface area contributed by atoms with Gasteiger partial charge in [-0.15, -0.1) is 0 Å². The predicted octanol–water partition coefficient (Wildman–Crippen LogP) is 3.23. The average Bonchev–Trinajstić information content (AvgIpc) is 2.73. The predicted molar refractivity (Wildman–Crippen MR) is 108 cm³/mol. The molecule has 1 unspecified atom stereocenters. The van der Waals surface area contributed by atoms with E-state index in [-0.39, 0.29) is 29.8 Å². The Morgan fingerprint density at radius 1 is 0.889 bits per heavy atom. The average molecular weight is 378 g/mol. The summed E-state index contributed by atoms with van der Waals surface area (Å²) in [6.45, 7) is 4.66. The number of rotatable bonds is 6. The van der Waals surface area contributed by atoms with Crippen LogP contribution in [0.1, 0.15) is 84.0 Å². The standard InChI is InChI=1S/C22H39N3O2/c1-17(21(26)23-16-18-8-4-2-5-9-18)25-14-12-20(13-15-25)24-22(27)19-10-6-3-7-11-19/h17-20H,2-16H2,1H3,(H,23,26)(H,24,27). The maximum atomic E-state index is 12.5. The van der Waals surface area contributed by atoms with Crippen LogP contribution in [-0.4, -0.2) is 48.4 Å². The van der Waals surface area contributed by atoms with Crippen molar-refractivity contribution in [1.82, 2.24) is 15.5 Å². The van der Waals surface area contributed by atoms with Crippen LogP contribution in [0.5, 0.6) is 0 Å². The number of nitrogens with zero attached hydrogens (tertiary/aromatic N) is 1. The molecule has 1 aliphatic heterocycles. The number of likely N-dealkylation sites (tertiary alicyclic amines) is 1. The largest absolute Gasteiger partial charge is 0.354 e. The van der Waals surface area contributed by atoms with Crippen LogP contribution in [0.15, 0.2) is 0 Å². The third kappa shape index (κ3) is 6.20. The van der Waals surface area contributed by atoms with Crippen molar-refractivity contribution in [3.8, 4) is 0 Å². The van der Waals surface area contributed by atoms with Crippen molar-refractivity contribution in [2.24, 2.45) is 11.8 Å². The number of piperidine rings is 1. The highest BCUT2D eigenvalue weighted by molar-refractivity contribution is 5.81. The van der Waals surface area contributed by atoms with Gasteiger partial charge in [-0.1, -0.05) is 38.5 Å². The first-order chi connectivity index (χ1) is 13.1. The van der Waals surface area contributed by atoms with Gasteiger partial charge < -0.3 is 10.6 Å². The van der Waals surface area contributed by atoms with Gasteiger partial charge >= 0.3 is 0 Å². The van der Waals surface area contributed by atoms with Crippen LogP contribution >= 0.6 is 0 Å². The van der Waals surface area contributed by atoms with E-state index in [2.05, 4.69) is 15.5 Å². The summed E-state index contributed by atoms with van der Waals surface area (Å²) in [5, 5.41) is 6.46. The summed E-state index contributed by atoms with van der Waals surface area (Å²) in [5.74, 6) is 1.36. The number of hydrogen-bond acceptors (Lipinski definition) is 3. The van der Waals surface area contributed by atoms with Crippen molar-refractivity contribution < 1.29 is 9.59 Å². The van der Waals surface area contributed by atoms with Crippen LogP contribution < -0.4 is 10.6 Å². The molecule has 3 fully saturated rings. The number of carbonyl (C=O) groups excluding carboxylic acids is 2. The van der Waals surface area contributed by atoms with E-state index in [1.165, 1.54) is 51.4 Å². The SMILES string of the molecule is CC(C(=O)NCC1CCCCC1)N1CCC(NC(=O)C2CCCCC2)CC1. The van der Waals surface area contributed by atoms with E-state index in [1.807, 2.05) is 6.92 Å². The first kappa shape index (κ1) is 20.6. The lowest BCUT2D eigenvalue weighted by molar-refractivity contribution is -0.129. The van der Waals surface area contributed by atoms with Gasteiger partial charge in [-0.25, -0.2) is 0 Å². The fraction of sp³-hybridized carbons (Fsp3) is 0.909. The first-order valence-corrected chi connectivity index (χ1v) is 11.5. The monoisotopic (exact) mass is 377 g/mol. The van der Waals surface area contributed by atoms with Crippen molar-refractivity contribution in [2.75, 3.05) is 19.6 Å². The van der Waals surface area contributed by atoms with Crippen LogP contribution in [0.3, 0.4) is 0 Å². The molecule has 1 heterocycles. The topological polar surface area (TPSA) is 61.4 Å². The van der Waals surface area contributed by atoms with E-state index in [0.29, 0.717) is 5.92 Å². The maximum absolute atomic E-state index is 12.5. The lowest BCUT2D eigenvalue weighted by Gasteiger charge is -2.36. The molecular weight excluding hydrogens is 338 g/mol. The van der Waals surface area contributed by atoms with Crippen LogP contribution in [0, 0.1) is 11.8 Å². The first-order valence-electron chi connectivity index (χ1n) is 11.5. The van der Waals surface area contributed by atoms with Crippen molar-refractivity contribution in [1.29, 1.82) is 0 Å². The van der Waals surface area contributed by atoms with E-state index in [0.717, 1.165) is 45.3 Å². The molecule has 1 atom stereocenters. The molecule has 5 heteroatoms. The van der Waals surface area contributed by atoms with Gasteiger partial charge in [0.25, 0.3) is 0 Å². The summed E-state index contributed by atoms with van der Waals surface area (Å²) in [7, 11) is 0. The minimum Gasteiger partial charge on any atom is -0.354 e. The summed E-state index contributed by atoms with van der Waals surface area (Å²) in [5.41, 5.74) is 0. The second-order valence-electron chi connectivity index (χ2n) is 9.08. The Morgan fingerprint density at radius 3 is 2.11 bits per heavy atom. The number of carbonyl (C=O) groups is 2. The van der Waals surface area contributed by atoms with Gasteiger partial charge in [-0.05, 0) is 51.4 Å². The van der Waals surface area contributed by atoms with Crippen LogP contribution in [-0.2, 0) is 9.59 Å². The van der Waals surface area contributed by atoms with E-state index < -0.39 is 0 Å². The maximum Gasteiger partial charge on any atom is 0.237 e. The van der Waals surface area contributed by atoms with Gasteiger partial charge in [-0.3, -0.25) is 14.5 Å². The number of nitrogens with one attached hydrogen (secondary N) is 2. The highest BCUT2D eigenvalue weighted by atomic mass is 16.2. The molecule has 2 saturated carbocycles. The van der Waals surface area contributed by atoms with Crippen molar-refractivity contribution in [2.45, 2.75) is 96.1 Å². The summed E-state index contributed by atoms with van der Waals surface area (Å²) in [6.07, 6.45) is 14.2. The van der Waals surface area contributed by atoms with Gasteiger partial charge in [0.05, 0.1) is 6.04 Å². The lowest BCUT2D eigenvalue weighted by Crippen LogP contribution is -2.52. The third-order valence-corrected chi connectivity index (χ3v) is 7.07. The molecule has 2 amide bonds. The second-order valence-corrected chi connectivity index (χ2v) is 9.08. The summed E-state index contributed by atoms with van der Waals surface area (Å²) in [4.78, 5) is 27.2. The van der Waals surface area contributed by atoms with Crippen LogP contribution in [0.2, 0.25) is 0 Å². The Hall–Kier alpha value is -1.10. The molecular formula is C22H39N3O2. The summed E-state index contributed by atoms with van der Waals surface area (Å²) >= 11 is 0. The van der Waals surface area contributed by atoms with Gasteiger partial charge in [0.15, 0.2) is 0 Å². The molecule has 154 valence electrons. The molecule has 0 radical (unpaired) electrons. The molecule has 1 saturated heterocycles. The van der Waals surface area contributed by atoms with Gasteiger partial charge in [0.1, 0.15) is 0 Å². The summed E-state index contributed by atoms with van der Waals surface area (Å²) < 4.78 is 0. The van der Waals surface area contributed by atoms with E-state index in [4.69, 9.17) is 0 Å². The van der Waals surface area contributed by atoms with Crippen LogP contribution in [0.4, 0.5) is 0 Å². The minimum absolute atomic E-state index is 0.0661. The quantitative estimate of drug-likeness (QED) is 0.747. The van der Waals surface area contributed by atoms with E-state index >= 15 is 0 Å². The summed E-state index contributed by atoms with van der Waals surface area (Å²) in [6, 6.07) is 0.219. The molecule has 27 heavy (non-hydrogen) atoms. The zero-order valence-corrected chi connectivity index (χ0v) is 17.2. The van der Waals surface area contributed by atoms with Crippen molar-refractivity contribution in [3.05, 3.63) is 0 Å². The van der Waals surface area contributed by atoms with E-state index in [9.17, 15) is 9.59 Å². The van der Waals surface area contributed by atoms with Gasteiger partial charge in [0, 0.05) is 31.6 Å². The Kier molecular flexibility index (Phi) is 7.98. The Morgan fingerprint density at radius 2 is 1.48 bits per heavy atom. The molecule has 0 aromatic heterocycles. The van der Waals surface area contributed by atoms with Gasteiger partial charge in [0.2, 0.25) is 11.8 Å². The molecule has 3 rings (SSSR count). The third-order valence-electron chi connectivity index (χ3n) is 7.07. The minimum atomic E-state index is -0.0661. The highest BCUT2D eigenvalue weighted by Crippen LogP contribution is 2.25. The highest BCUT2D eigenvalue weighted by Gasteiger charge is 2.29. The Balaban J connectivity index is 1.34. The molecule has 2 aliphatic carbocycles.